The van der Waals surface area contributed by atoms with Gasteiger partial charge >= 0.3 is 0 Å². The van der Waals surface area contributed by atoms with E-state index in [1.54, 1.807) is 0 Å². The van der Waals surface area contributed by atoms with Gasteiger partial charge in [0.1, 0.15) is 0 Å². The number of ether oxygens (including phenoxy) is 1. The Morgan fingerprint density at radius 2 is 1.86 bits per heavy atom. The summed E-state index contributed by atoms with van der Waals surface area (Å²) in [6, 6.07) is 1.35. The van der Waals surface area contributed by atoms with Crippen molar-refractivity contribution in [3.05, 3.63) is 0 Å². The van der Waals surface area contributed by atoms with Crippen LogP contribution in [0.5, 0.6) is 0 Å². The van der Waals surface area contributed by atoms with Gasteiger partial charge in [0, 0.05) is 18.7 Å². The predicted octanol–water partition coefficient (Wildman–Crippen LogP) is 2.72. The van der Waals surface area contributed by atoms with Gasteiger partial charge in [-0.1, -0.05) is 20.8 Å². The molecular weight excluding hydrogens is 174 g/mol. The first-order valence-electron chi connectivity index (χ1n) is 6.10. The molecule has 1 saturated carbocycles. The minimum atomic E-state index is 0.542. The standard InChI is InChI=1S/C12H25NO/c1-4-9-14-12-7-5-11(6-8-12)13-10(2)3/h10-13H,4-9H2,1-3H3/t11-,12+. The molecule has 14 heavy (non-hydrogen) atoms. The van der Waals surface area contributed by atoms with E-state index in [9.17, 15) is 0 Å². The van der Waals surface area contributed by atoms with Crippen LogP contribution in [-0.4, -0.2) is 24.8 Å². The molecule has 0 radical (unpaired) electrons. The Labute approximate surface area is 88.4 Å². The lowest BCUT2D eigenvalue weighted by molar-refractivity contribution is 0.0223. The van der Waals surface area contributed by atoms with Gasteiger partial charge < -0.3 is 10.1 Å². The highest BCUT2D eigenvalue weighted by atomic mass is 16.5. The van der Waals surface area contributed by atoms with Gasteiger partial charge in [-0.3, -0.25) is 0 Å². The normalized spacial score (nSPS) is 28.3. The molecule has 1 aliphatic rings. The van der Waals surface area contributed by atoms with Crippen molar-refractivity contribution in [2.24, 2.45) is 0 Å². The SMILES string of the molecule is CCCO[C@H]1CC[C@@H](NC(C)C)CC1. The van der Waals surface area contributed by atoms with Crippen LogP contribution in [0.15, 0.2) is 0 Å². The fraction of sp³-hybridized carbons (Fsp3) is 1.00. The van der Waals surface area contributed by atoms with Crippen molar-refractivity contribution in [2.45, 2.75) is 71.1 Å². The van der Waals surface area contributed by atoms with Crippen LogP contribution >= 0.6 is 0 Å². The van der Waals surface area contributed by atoms with Crippen LogP contribution in [0, 0.1) is 0 Å². The van der Waals surface area contributed by atoms with Crippen LogP contribution < -0.4 is 5.32 Å². The van der Waals surface area contributed by atoms with Crippen LogP contribution in [0.3, 0.4) is 0 Å². The quantitative estimate of drug-likeness (QED) is 0.735. The average Bonchev–Trinajstić information content (AvgIpc) is 2.16. The highest BCUT2D eigenvalue weighted by Crippen LogP contribution is 2.21. The van der Waals surface area contributed by atoms with E-state index in [1.165, 1.54) is 25.7 Å². The summed E-state index contributed by atoms with van der Waals surface area (Å²) in [5.74, 6) is 0. The van der Waals surface area contributed by atoms with Crippen molar-refractivity contribution in [1.29, 1.82) is 0 Å². The molecule has 0 spiro atoms. The van der Waals surface area contributed by atoms with Crippen LogP contribution in [-0.2, 0) is 4.74 Å². The zero-order valence-electron chi connectivity index (χ0n) is 9.88. The van der Waals surface area contributed by atoms with Crippen molar-refractivity contribution < 1.29 is 4.74 Å². The topological polar surface area (TPSA) is 21.3 Å². The molecule has 1 N–H and O–H groups in total. The first-order chi connectivity index (χ1) is 6.72. The van der Waals surface area contributed by atoms with Gasteiger partial charge in [0.05, 0.1) is 6.10 Å². The van der Waals surface area contributed by atoms with Gasteiger partial charge in [0.25, 0.3) is 0 Å². The third-order valence-electron chi connectivity index (χ3n) is 2.80. The van der Waals surface area contributed by atoms with E-state index in [2.05, 4.69) is 26.1 Å². The van der Waals surface area contributed by atoms with Gasteiger partial charge in [0.15, 0.2) is 0 Å². The molecule has 0 amide bonds. The van der Waals surface area contributed by atoms with E-state index in [0.717, 1.165) is 19.1 Å². The highest BCUT2D eigenvalue weighted by molar-refractivity contribution is 4.78. The minimum absolute atomic E-state index is 0.542. The molecule has 0 aromatic heterocycles. The van der Waals surface area contributed by atoms with Crippen LogP contribution in [0.25, 0.3) is 0 Å². The number of hydrogen-bond acceptors (Lipinski definition) is 2. The molecule has 0 saturated heterocycles. The first-order valence-corrected chi connectivity index (χ1v) is 6.10. The molecule has 2 nitrogen and oxygen atoms in total. The fourth-order valence-electron chi connectivity index (χ4n) is 2.15. The van der Waals surface area contributed by atoms with Gasteiger partial charge in [0.2, 0.25) is 0 Å². The Morgan fingerprint density at radius 3 is 2.36 bits per heavy atom. The Balaban J connectivity index is 2.11. The zero-order valence-corrected chi connectivity index (χ0v) is 9.88. The second-order valence-corrected chi connectivity index (χ2v) is 4.67. The van der Waals surface area contributed by atoms with E-state index >= 15 is 0 Å². The number of nitrogens with one attached hydrogen (secondary N) is 1. The lowest BCUT2D eigenvalue weighted by atomic mass is 9.92. The molecule has 0 aromatic carbocycles. The molecule has 0 aromatic rings. The molecule has 1 rings (SSSR count). The summed E-state index contributed by atoms with van der Waals surface area (Å²) < 4.78 is 5.76. The number of rotatable bonds is 5. The minimum Gasteiger partial charge on any atom is -0.378 e. The van der Waals surface area contributed by atoms with Crippen molar-refractivity contribution in [3.63, 3.8) is 0 Å². The third-order valence-corrected chi connectivity index (χ3v) is 2.80. The first kappa shape index (κ1) is 12.0. The second kappa shape index (κ2) is 6.41. The van der Waals surface area contributed by atoms with Gasteiger partial charge in [-0.2, -0.15) is 0 Å². The summed E-state index contributed by atoms with van der Waals surface area (Å²) >= 11 is 0. The molecule has 1 aliphatic carbocycles. The lowest BCUT2D eigenvalue weighted by Crippen LogP contribution is -2.39. The Morgan fingerprint density at radius 1 is 1.21 bits per heavy atom. The average molecular weight is 199 g/mol. The maximum atomic E-state index is 5.76. The molecule has 0 unspecified atom stereocenters. The predicted molar refractivity (Wildman–Crippen MR) is 60.6 cm³/mol. The van der Waals surface area contributed by atoms with Gasteiger partial charge in [-0.05, 0) is 32.1 Å². The third kappa shape index (κ3) is 4.43. The maximum Gasteiger partial charge on any atom is 0.0576 e. The van der Waals surface area contributed by atoms with E-state index in [4.69, 9.17) is 4.74 Å². The monoisotopic (exact) mass is 199 g/mol. The lowest BCUT2D eigenvalue weighted by Gasteiger charge is -2.30. The molecule has 0 aliphatic heterocycles. The highest BCUT2D eigenvalue weighted by Gasteiger charge is 2.21. The van der Waals surface area contributed by atoms with Crippen molar-refractivity contribution >= 4 is 0 Å². The van der Waals surface area contributed by atoms with Crippen molar-refractivity contribution in [1.82, 2.24) is 5.32 Å². The van der Waals surface area contributed by atoms with Gasteiger partial charge in [-0.15, -0.1) is 0 Å². The molecule has 0 atom stereocenters. The fourth-order valence-corrected chi connectivity index (χ4v) is 2.15. The summed E-state index contributed by atoms with van der Waals surface area (Å²) in [5, 5.41) is 3.60. The Hall–Kier alpha value is -0.0800. The largest absolute Gasteiger partial charge is 0.378 e. The van der Waals surface area contributed by atoms with E-state index in [0.29, 0.717) is 12.1 Å². The van der Waals surface area contributed by atoms with Gasteiger partial charge in [-0.25, -0.2) is 0 Å². The van der Waals surface area contributed by atoms with Crippen molar-refractivity contribution in [3.8, 4) is 0 Å². The van der Waals surface area contributed by atoms with Crippen LogP contribution in [0.1, 0.15) is 52.9 Å². The molecule has 2 heteroatoms. The Kier molecular flexibility index (Phi) is 5.49. The molecule has 0 heterocycles. The summed E-state index contributed by atoms with van der Waals surface area (Å²) in [6.07, 6.45) is 6.73. The second-order valence-electron chi connectivity index (χ2n) is 4.67. The summed E-state index contributed by atoms with van der Waals surface area (Å²) in [7, 11) is 0. The molecule has 1 fully saturated rings. The zero-order chi connectivity index (χ0) is 10.4. The smallest absolute Gasteiger partial charge is 0.0576 e. The maximum absolute atomic E-state index is 5.76. The summed E-state index contributed by atoms with van der Waals surface area (Å²) in [6.45, 7) is 7.55. The molecular formula is C12H25NO. The number of hydrogen-bond donors (Lipinski definition) is 1. The van der Waals surface area contributed by atoms with Crippen LogP contribution in [0.2, 0.25) is 0 Å². The Bertz CT molecular complexity index is 139. The van der Waals surface area contributed by atoms with Crippen LogP contribution in [0.4, 0.5) is 0 Å². The van der Waals surface area contributed by atoms with Crippen molar-refractivity contribution in [2.75, 3.05) is 6.61 Å². The molecule has 84 valence electrons. The summed E-state index contributed by atoms with van der Waals surface area (Å²) in [4.78, 5) is 0. The molecule has 0 bridgehead atoms. The van der Waals surface area contributed by atoms with E-state index < -0.39 is 0 Å². The van der Waals surface area contributed by atoms with E-state index in [-0.39, 0.29) is 0 Å². The summed E-state index contributed by atoms with van der Waals surface area (Å²) in [5.41, 5.74) is 0. The van der Waals surface area contributed by atoms with E-state index in [1.807, 2.05) is 0 Å².